The topological polar surface area (TPSA) is 58.2 Å². The molecule has 0 bridgehead atoms. The maximum atomic E-state index is 13.1. The van der Waals surface area contributed by atoms with Crippen molar-refractivity contribution >= 4 is 11.7 Å². The van der Waals surface area contributed by atoms with Crippen LogP contribution in [-0.2, 0) is 15.1 Å². The van der Waals surface area contributed by atoms with E-state index >= 15 is 0 Å². The van der Waals surface area contributed by atoms with Crippen molar-refractivity contribution in [2.24, 2.45) is 5.41 Å². The Kier molecular flexibility index (Phi) is 6.22. The van der Waals surface area contributed by atoms with Gasteiger partial charge in [-0.1, -0.05) is 99.6 Å². The molecule has 33 heavy (non-hydrogen) atoms. The third kappa shape index (κ3) is 4.11. The van der Waals surface area contributed by atoms with Gasteiger partial charge in [0.25, 0.3) is 0 Å². The normalized spacial score (nSPS) is 14.8. The largest absolute Gasteiger partial charge is 0.358 e. The number of likely N-dealkylation sites (N-methyl/N-ethyl adjacent to an activating group) is 1. The van der Waals surface area contributed by atoms with Gasteiger partial charge in [-0.3, -0.25) is 14.9 Å². The predicted molar refractivity (Wildman–Crippen MR) is 133 cm³/mol. The molecule has 1 aliphatic rings. The molecule has 0 radical (unpaired) electrons. The molecule has 3 aromatic carbocycles. The van der Waals surface area contributed by atoms with Gasteiger partial charge in [0.15, 0.2) is 0 Å². The Morgan fingerprint density at radius 1 is 0.818 bits per heavy atom. The molecule has 0 heterocycles. The molecule has 2 N–H and O–H groups in total. The molecular formula is C29H32N2O2. The number of carbonyl (C=O) groups is 2. The monoisotopic (exact) mass is 440 g/mol. The molecule has 0 aromatic heterocycles. The summed E-state index contributed by atoms with van der Waals surface area (Å²) >= 11 is 0. The lowest BCUT2D eigenvalue weighted by molar-refractivity contribution is -0.127. The number of Topliss-reactive ketones (excluding diaryl/α,β-unsaturated/α-hetero) is 1. The minimum atomic E-state index is -0.698. The smallest absolute Gasteiger partial charge is 0.236 e. The number of carbonyl (C=O) groups excluding carboxylic acids is 2. The summed E-state index contributed by atoms with van der Waals surface area (Å²) in [4.78, 5) is 25.8. The molecule has 0 saturated heterocycles. The zero-order valence-corrected chi connectivity index (χ0v) is 19.8. The number of amides is 1. The third-order valence-electron chi connectivity index (χ3n) is 6.61. The first-order valence-corrected chi connectivity index (χ1v) is 11.6. The van der Waals surface area contributed by atoms with E-state index in [1.54, 1.807) is 7.05 Å². The predicted octanol–water partition coefficient (Wildman–Crippen LogP) is 5.06. The highest BCUT2D eigenvalue weighted by Crippen LogP contribution is 2.51. The standard InChI is InChI=1S/C29H32N2O2/c1-28(2,3)26(32)19-18-25(27(33)30-4)31-29(20-12-6-5-7-13-20)23-16-10-8-14-21(23)22-15-9-11-17-24(22)29/h5-17,25,31H,18-19H2,1-4H3,(H,30,33)/t25-/m0/s1. The number of hydrogen-bond donors (Lipinski definition) is 2. The fraction of sp³-hybridized carbons (Fsp3) is 0.310. The van der Waals surface area contributed by atoms with Crippen LogP contribution in [0, 0.1) is 5.41 Å². The molecule has 1 amide bonds. The van der Waals surface area contributed by atoms with Crippen molar-refractivity contribution in [2.45, 2.75) is 45.2 Å². The molecule has 0 spiro atoms. The van der Waals surface area contributed by atoms with E-state index in [0.29, 0.717) is 12.8 Å². The Morgan fingerprint density at radius 2 is 1.33 bits per heavy atom. The second-order valence-electron chi connectivity index (χ2n) is 9.73. The van der Waals surface area contributed by atoms with E-state index in [9.17, 15) is 9.59 Å². The van der Waals surface area contributed by atoms with Crippen molar-refractivity contribution in [3.63, 3.8) is 0 Å². The fourth-order valence-electron chi connectivity index (χ4n) is 4.83. The number of fused-ring (bicyclic) bond motifs is 3. The summed E-state index contributed by atoms with van der Waals surface area (Å²) in [6.45, 7) is 5.77. The van der Waals surface area contributed by atoms with Crippen molar-refractivity contribution in [1.29, 1.82) is 0 Å². The van der Waals surface area contributed by atoms with Crippen LogP contribution in [0.5, 0.6) is 0 Å². The number of hydrogen-bond acceptors (Lipinski definition) is 3. The van der Waals surface area contributed by atoms with Gasteiger partial charge >= 0.3 is 0 Å². The molecule has 4 nitrogen and oxygen atoms in total. The minimum Gasteiger partial charge on any atom is -0.358 e. The van der Waals surface area contributed by atoms with Crippen LogP contribution in [0.2, 0.25) is 0 Å². The van der Waals surface area contributed by atoms with E-state index < -0.39 is 17.0 Å². The molecule has 0 unspecified atom stereocenters. The van der Waals surface area contributed by atoms with Crippen LogP contribution < -0.4 is 10.6 Å². The van der Waals surface area contributed by atoms with Crippen molar-refractivity contribution in [3.05, 3.63) is 95.6 Å². The zero-order valence-electron chi connectivity index (χ0n) is 19.8. The molecule has 4 rings (SSSR count). The van der Waals surface area contributed by atoms with Gasteiger partial charge in [-0.05, 0) is 34.2 Å². The molecule has 0 aliphatic heterocycles. The van der Waals surface area contributed by atoms with Crippen LogP contribution in [0.3, 0.4) is 0 Å². The zero-order chi connectivity index (χ0) is 23.6. The summed E-state index contributed by atoms with van der Waals surface area (Å²) in [6.07, 6.45) is 0.761. The summed E-state index contributed by atoms with van der Waals surface area (Å²) in [5, 5.41) is 6.56. The van der Waals surface area contributed by atoms with E-state index in [0.717, 1.165) is 27.8 Å². The van der Waals surface area contributed by atoms with Crippen molar-refractivity contribution in [1.82, 2.24) is 10.6 Å². The number of rotatable bonds is 7. The highest BCUT2D eigenvalue weighted by atomic mass is 16.2. The average molecular weight is 441 g/mol. The van der Waals surface area contributed by atoms with Crippen molar-refractivity contribution < 1.29 is 9.59 Å². The SMILES string of the molecule is CNC(=O)[C@H](CCC(=O)C(C)(C)C)NC1(c2ccccc2)c2ccccc2-c2ccccc21. The maximum absolute atomic E-state index is 13.1. The minimum absolute atomic E-state index is 0.117. The number of benzene rings is 3. The Morgan fingerprint density at radius 3 is 1.85 bits per heavy atom. The highest BCUT2D eigenvalue weighted by Gasteiger charge is 2.46. The molecule has 1 aliphatic carbocycles. The van der Waals surface area contributed by atoms with Gasteiger partial charge in [-0.25, -0.2) is 0 Å². The molecule has 3 aromatic rings. The third-order valence-corrected chi connectivity index (χ3v) is 6.61. The lowest BCUT2D eigenvalue weighted by Gasteiger charge is -2.37. The van der Waals surface area contributed by atoms with Crippen molar-refractivity contribution in [2.75, 3.05) is 7.05 Å². The van der Waals surface area contributed by atoms with E-state index in [1.807, 2.05) is 51.1 Å². The molecule has 4 heteroatoms. The number of nitrogens with one attached hydrogen (secondary N) is 2. The van der Waals surface area contributed by atoms with Crippen LogP contribution in [0.4, 0.5) is 0 Å². The Bertz CT molecular complexity index is 1120. The summed E-state index contributed by atoms with van der Waals surface area (Å²) in [5.41, 5.74) is 4.49. The Hall–Kier alpha value is -3.24. The molecule has 170 valence electrons. The van der Waals surface area contributed by atoms with Crippen LogP contribution in [0.25, 0.3) is 11.1 Å². The fourth-order valence-corrected chi connectivity index (χ4v) is 4.83. The molecular weight excluding hydrogens is 408 g/mol. The van der Waals surface area contributed by atoms with Gasteiger partial charge in [0.1, 0.15) is 5.78 Å². The van der Waals surface area contributed by atoms with E-state index in [-0.39, 0.29) is 11.7 Å². The Balaban J connectivity index is 1.85. The lowest BCUT2D eigenvalue weighted by atomic mass is 9.79. The second kappa shape index (κ2) is 8.95. The quantitative estimate of drug-likeness (QED) is 0.540. The van der Waals surface area contributed by atoms with E-state index in [2.05, 4.69) is 59.2 Å². The summed E-state index contributed by atoms with van der Waals surface area (Å²) in [5.74, 6) is 0.0352. The first-order chi connectivity index (χ1) is 15.8. The van der Waals surface area contributed by atoms with Gasteiger partial charge < -0.3 is 5.32 Å². The first-order valence-electron chi connectivity index (χ1n) is 11.6. The first kappa shape index (κ1) is 22.9. The Labute approximate surface area is 196 Å². The van der Waals surface area contributed by atoms with Crippen molar-refractivity contribution in [3.8, 4) is 11.1 Å². The second-order valence-corrected chi connectivity index (χ2v) is 9.73. The number of ketones is 1. The van der Waals surface area contributed by atoms with Crippen LogP contribution in [0.15, 0.2) is 78.9 Å². The summed E-state index contributed by atoms with van der Waals surface area (Å²) in [6, 6.07) is 26.5. The van der Waals surface area contributed by atoms with Crippen LogP contribution >= 0.6 is 0 Å². The van der Waals surface area contributed by atoms with Gasteiger partial charge in [0.05, 0.1) is 11.6 Å². The molecule has 1 atom stereocenters. The van der Waals surface area contributed by atoms with E-state index in [1.165, 1.54) is 0 Å². The average Bonchev–Trinajstić information content (AvgIpc) is 3.12. The maximum Gasteiger partial charge on any atom is 0.236 e. The van der Waals surface area contributed by atoms with Crippen LogP contribution in [0.1, 0.15) is 50.3 Å². The lowest BCUT2D eigenvalue weighted by Crippen LogP contribution is -2.54. The molecule has 0 saturated carbocycles. The highest BCUT2D eigenvalue weighted by molar-refractivity contribution is 5.87. The molecule has 0 fully saturated rings. The van der Waals surface area contributed by atoms with Crippen LogP contribution in [-0.4, -0.2) is 24.8 Å². The summed E-state index contributed by atoms with van der Waals surface area (Å²) in [7, 11) is 1.65. The van der Waals surface area contributed by atoms with Gasteiger partial charge in [-0.15, -0.1) is 0 Å². The van der Waals surface area contributed by atoms with Gasteiger partial charge in [0, 0.05) is 18.9 Å². The summed E-state index contributed by atoms with van der Waals surface area (Å²) < 4.78 is 0. The van der Waals surface area contributed by atoms with Gasteiger partial charge in [-0.2, -0.15) is 0 Å². The van der Waals surface area contributed by atoms with E-state index in [4.69, 9.17) is 0 Å². The van der Waals surface area contributed by atoms with Gasteiger partial charge in [0.2, 0.25) is 5.91 Å².